The molecule has 0 amide bonds. The SMILES string of the molecule is CCc1ccc(OCCCC(C)(C)C#N)c(OC)c1. The molecule has 3 nitrogen and oxygen atoms in total. The Morgan fingerprint density at radius 2 is 2.00 bits per heavy atom. The average Bonchev–Trinajstić information content (AvgIpc) is 2.43. The third kappa shape index (κ3) is 4.82. The second kappa shape index (κ2) is 7.04. The Kier molecular flexibility index (Phi) is 5.69. The van der Waals surface area contributed by atoms with Crippen LogP contribution in [0.25, 0.3) is 0 Å². The molecular formula is C16H23NO2. The molecule has 0 spiro atoms. The minimum absolute atomic E-state index is 0.278. The lowest BCUT2D eigenvalue weighted by atomic mass is 9.90. The summed E-state index contributed by atoms with van der Waals surface area (Å²) in [5.74, 6) is 1.55. The zero-order valence-corrected chi connectivity index (χ0v) is 12.3. The lowest BCUT2D eigenvalue weighted by Gasteiger charge is -2.16. The molecule has 3 heteroatoms. The van der Waals surface area contributed by atoms with Gasteiger partial charge in [0.1, 0.15) is 0 Å². The van der Waals surface area contributed by atoms with Crippen LogP contribution in [-0.2, 0) is 6.42 Å². The first-order valence-corrected chi connectivity index (χ1v) is 6.73. The molecule has 0 fully saturated rings. The van der Waals surface area contributed by atoms with Gasteiger partial charge < -0.3 is 9.47 Å². The molecule has 0 aliphatic carbocycles. The lowest BCUT2D eigenvalue weighted by molar-refractivity contribution is 0.269. The van der Waals surface area contributed by atoms with Crippen molar-refractivity contribution in [3.05, 3.63) is 23.8 Å². The number of ether oxygens (including phenoxy) is 2. The van der Waals surface area contributed by atoms with Gasteiger partial charge in [0.2, 0.25) is 0 Å². The van der Waals surface area contributed by atoms with Gasteiger partial charge in [0.25, 0.3) is 0 Å². The van der Waals surface area contributed by atoms with Crippen molar-refractivity contribution in [1.29, 1.82) is 5.26 Å². The predicted octanol–water partition coefficient (Wildman–Crippen LogP) is 3.97. The first kappa shape index (κ1) is 15.4. The number of nitriles is 1. The summed E-state index contributed by atoms with van der Waals surface area (Å²) in [7, 11) is 1.65. The summed E-state index contributed by atoms with van der Waals surface area (Å²) in [5.41, 5.74) is 0.953. The fourth-order valence-electron chi connectivity index (χ4n) is 1.80. The first-order chi connectivity index (χ1) is 9.02. The average molecular weight is 261 g/mol. The summed E-state index contributed by atoms with van der Waals surface area (Å²) in [6.45, 7) is 6.61. The van der Waals surface area contributed by atoms with Crippen LogP contribution in [0, 0.1) is 16.7 Å². The first-order valence-electron chi connectivity index (χ1n) is 6.73. The molecule has 0 radical (unpaired) electrons. The van der Waals surface area contributed by atoms with Crippen LogP contribution in [0.4, 0.5) is 0 Å². The van der Waals surface area contributed by atoms with Crippen LogP contribution >= 0.6 is 0 Å². The van der Waals surface area contributed by atoms with Crippen molar-refractivity contribution in [2.24, 2.45) is 5.41 Å². The van der Waals surface area contributed by atoms with Crippen molar-refractivity contribution in [3.8, 4) is 17.6 Å². The minimum atomic E-state index is -0.278. The molecule has 19 heavy (non-hydrogen) atoms. The van der Waals surface area contributed by atoms with Gasteiger partial charge in [-0.15, -0.1) is 0 Å². The summed E-state index contributed by atoms with van der Waals surface area (Å²) in [6.07, 6.45) is 2.67. The van der Waals surface area contributed by atoms with Gasteiger partial charge >= 0.3 is 0 Å². The van der Waals surface area contributed by atoms with E-state index in [0.717, 1.165) is 30.8 Å². The quantitative estimate of drug-likeness (QED) is 0.697. The van der Waals surface area contributed by atoms with E-state index in [1.807, 2.05) is 26.0 Å². The van der Waals surface area contributed by atoms with Crippen molar-refractivity contribution < 1.29 is 9.47 Å². The molecule has 1 aromatic rings. The summed E-state index contributed by atoms with van der Waals surface area (Å²) in [6, 6.07) is 8.31. The van der Waals surface area contributed by atoms with Crippen LogP contribution in [0.1, 0.15) is 39.2 Å². The molecular weight excluding hydrogens is 238 g/mol. The monoisotopic (exact) mass is 261 g/mol. The number of hydrogen-bond acceptors (Lipinski definition) is 3. The molecule has 0 aliphatic rings. The molecule has 0 heterocycles. The largest absolute Gasteiger partial charge is 0.493 e. The fourth-order valence-corrected chi connectivity index (χ4v) is 1.80. The maximum Gasteiger partial charge on any atom is 0.161 e. The Bertz CT molecular complexity index is 447. The molecule has 0 N–H and O–H groups in total. The second-order valence-electron chi connectivity index (χ2n) is 5.29. The van der Waals surface area contributed by atoms with Crippen LogP contribution in [0.2, 0.25) is 0 Å². The van der Waals surface area contributed by atoms with E-state index >= 15 is 0 Å². The van der Waals surface area contributed by atoms with E-state index in [4.69, 9.17) is 14.7 Å². The Labute approximate surface area is 116 Å². The molecule has 0 saturated carbocycles. The second-order valence-corrected chi connectivity index (χ2v) is 5.29. The highest BCUT2D eigenvalue weighted by atomic mass is 16.5. The Morgan fingerprint density at radius 1 is 1.26 bits per heavy atom. The van der Waals surface area contributed by atoms with Crippen LogP contribution in [0.3, 0.4) is 0 Å². The van der Waals surface area contributed by atoms with E-state index in [0.29, 0.717) is 6.61 Å². The minimum Gasteiger partial charge on any atom is -0.493 e. The van der Waals surface area contributed by atoms with E-state index in [2.05, 4.69) is 19.1 Å². The number of benzene rings is 1. The molecule has 104 valence electrons. The Balaban J connectivity index is 2.52. The van der Waals surface area contributed by atoms with Crippen molar-refractivity contribution >= 4 is 0 Å². The highest BCUT2D eigenvalue weighted by Crippen LogP contribution is 2.29. The molecule has 1 aromatic carbocycles. The summed E-state index contributed by atoms with van der Waals surface area (Å²) >= 11 is 0. The van der Waals surface area contributed by atoms with Gasteiger partial charge in [-0.05, 0) is 50.8 Å². The predicted molar refractivity (Wildman–Crippen MR) is 76.5 cm³/mol. The van der Waals surface area contributed by atoms with Crippen LogP contribution in [-0.4, -0.2) is 13.7 Å². The van der Waals surface area contributed by atoms with Crippen molar-refractivity contribution in [1.82, 2.24) is 0 Å². The van der Waals surface area contributed by atoms with E-state index in [9.17, 15) is 0 Å². The van der Waals surface area contributed by atoms with Crippen LogP contribution in [0.5, 0.6) is 11.5 Å². The molecule has 0 unspecified atom stereocenters. The van der Waals surface area contributed by atoms with Gasteiger partial charge in [-0.2, -0.15) is 5.26 Å². The number of aryl methyl sites for hydroxylation is 1. The number of hydrogen-bond donors (Lipinski definition) is 0. The van der Waals surface area contributed by atoms with Gasteiger partial charge in [-0.1, -0.05) is 13.0 Å². The van der Waals surface area contributed by atoms with Crippen molar-refractivity contribution in [2.75, 3.05) is 13.7 Å². The highest BCUT2D eigenvalue weighted by molar-refractivity contribution is 5.42. The van der Waals surface area contributed by atoms with E-state index < -0.39 is 0 Å². The van der Waals surface area contributed by atoms with Crippen molar-refractivity contribution in [3.63, 3.8) is 0 Å². The number of nitrogens with zero attached hydrogens (tertiary/aromatic N) is 1. The molecule has 0 aromatic heterocycles. The van der Waals surface area contributed by atoms with E-state index in [-0.39, 0.29) is 5.41 Å². The maximum absolute atomic E-state index is 8.94. The topological polar surface area (TPSA) is 42.2 Å². The van der Waals surface area contributed by atoms with Crippen molar-refractivity contribution in [2.45, 2.75) is 40.0 Å². The standard InChI is InChI=1S/C16H23NO2/c1-5-13-7-8-14(15(11-13)18-4)19-10-6-9-16(2,3)12-17/h7-8,11H,5-6,9-10H2,1-4H3. The zero-order chi connectivity index (χ0) is 14.3. The lowest BCUT2D eigenvalue weighted by Crippen LogP contribution is -2.10. The smallest absolute Gasteiger partial charge is 0.161 e. The van der Waals surface area contributed by atoms with Gasteiger partial charge in [-0.3, -0.25) is 0 Å². The van der Waals surface area contributed by atoms with E-state index in [1.54, 1.807) is 7.11 Å². The van der Waals surface area contributed by atoms with Gasteiger partial charge in [0.05, 0.1) is 25.2 Å². The Hall–Kier alpha value is -1.69. The van der Waals surface area contributed by atoms with Gasteiger partial charge in [0.15, 0.2) is 11.5 Å². The summed E-state index contributed by atoms with van der Waals surface area (Å²) in [5, 5.41) is 8.94. The fraction of sp³-hybridized carbons (Fsp3) is 0.562. The third-order valence-corrected chi connectivity index (χ3v) is 3.14. The van der Waals surface area contributed by atoms with Gasteiger partial charge in [-0.25, -0.2) is 0 Å². The molecule has 0 bridgehead atoms. The normalized spacial score (nSPS) is 10.9. The molecule has 0 aliphatic heterocycles. The van der Waals surface area contributed by atoms with E-state index in [1.165, 1.54) is 5.56 Å². The zero-order valence-electron chi connectivity index (χ0n) is 12.3. The molecule has 1 rings (SSSR count). The van der Waals surface area contributed by atoms with Gasteiger partial charge in [0, 0.05) is 0 Å². The highest BCUT2D eigenvalue weighted by Gasteiger charge is 2.16. The molecule has 0 atom stereocenters. The number of rotatable bonds is 7. The molecule has 0 saturated heterocycles. The number of methoxy groups -OCH3 is 1. The van der Waals surface area contributed by atoms with Crippen LogP contribution < -0.4 is 9.47 Å². The third-order valence-electron chi connectivity index (χ3n) is 3.14. The Morgan fingerprint density at radius 3 is 2.58 bits per heavy atom. The maximum atomic E-state index is 8.94. The summed E-state index contributed by atoms with van der Waals surface area (Å²) in [4.78, 5) is 0. The van der Waals surface area contributed by atoms with Crippen LogP contribution in [0.15, 0.2) is 18.2 Å². The summed E-state index contributed by atoms with van der Waals surface area (Å²) < 4.78 is 11.1.